The van der Waals surface area contributed by atoms with Crippen molar-refractivity contribution >= 4 is 29.3 Å². The summed E-state index contributed by atoms with van der Waals surface area (Å²) >= 11 is 7.77. The van der Waals surface area contributed by atoms with E-state index < -0.39 is 0 Å². The average Bonchev–Trinajstić information content (AvgIpc) is 2.75. The number of halogens is 1. The Morgan fingerprint density at radius 1 is 1.03 bits per heavy atom. The highest BCUT2D eigenvalue weighted by Gasteiger charge is 2.26. The Bertz CT molecular complexity index is 749. The highest BCUT2D eigenvalue weighted by Crippen LogP contribution is 2.30. The zero-order valence-corrected chi connectivity index (χ0v) is 18.5. The molecule has 1 heterocycles. The third-order valence-corrected chi connectivity index (χ3v) is 6.31. The Morgan fingerprint density at radius 3 is 2.34 bits per heavy atom. The van der Waals surface area contributed by atoms with Crippen molar-refractivity contribution in [2.45, 2.75) is 13.0 Å². The first-order valence-corrected chi connectivity index (χ1v) is 11.7. The van der Waals surface area contributed by atoms with Crippen LogP contribution in [0.2, 0.25) is 5.02 Å². The number of benzene rings is 2. The van der Waals surface area contributed by atoms with Crippen molar-refractivity contribution in [2.75, 3.05) is 50.8 Å². The summed E-state index contributed by atoms with van der Waals surface area (Å²) in [6, 6.07) is 19.2. The number of esters is 1. The Morgan fingerprint density at radius 2 is 1.69 bits per heavy atom. The summed E-state index contributed by atoms with van der Waals surface area (Å²) in [7, 11) is 0. The zero-order valence-electron chi connectivity index (χ0n) is 16.9. The number of hydrogen-bond acceptors (Lipinski definition) is 5. The van der Waals surface area contributed by atoms with E-state index in [0.717, 1.165) is 43.5 Å². The molecule has 2 aromatic rings. The maximum absolute atomic E-state index is 11.4. The Balaban J connectivity index is 1.55. The highest BCUT2D eigenvalue weighted by atomic mass is 35.5. The number of nitrogens with zero attached hydrogens (tertiary/aromatic N) is 2. The van der Waals surface area contributed by atoms with Gasteiger partial charge in [-0.15, -0.1) is 11.8 Å². The van der Waals surface area contributed by atoms with Gasteiger partial charge in [0, 0.05) is 43.5 Å². The molecule has 156 valence electrons. The van der Waals surface area contributed by atoms with Crippen LogP contribution in [-0.4, -0.2) is 66.6 Å². The molecule has 0 aromatic heterocycles. The van der Waals surface area contributed by atoms with Gasteiger partial charge in [-0.05, 0) is 30.2 Å². The lowest BCUT2D eigenvalue weighted by molar-refractivity contribution is -0.139. The molecule has 4 nitrogen and oxygen atoms in total. The minimum Gasteiger partial charge on any atom is -0.465 e. The third-order valence-electron chi connectivity index (χ3n) is 5.15. The van der Waals surface area contributed by atoms with Crippen LogP contribution in [0.4, 0.5) is 0 Å². The molecule has 0 radical (unpaired) electrons. The molecule has 0 spiro atoms. The minimum absolute atomic E-state index is 0.115. The molecule has 0 aliphatic carbocycles. The summed E-state index contributed by atoms with van der Waals surface area (Å²) in [5.41, 5.74) is 2.59. The van der Waals surface area contributed by atoms with Crippen molar-refractivity contribution in [1.29, 1.82) is 0 Å². The van der Waals surface area contributed by atoms with E-state index in [0.29, 0.717) is 12.4 Å². The summed E-state index contributed by atoms with van der Waals surface area (Å²) < 4.78 is 4.98. The van der Waals surface area contributed by atoms with Crippen LogP contribution < -0.4 is 0 Å². The zero-order chi connectivity index (χ0) is 20.5. The lowest BCUT2D eigenvalue weighted by Gasteiger charge is -2.39. The Kier molecular flexibility index (Phi) is 8.87. The first-order chi connectivity index (χ1) is 14.2. The standard InChI is InChI=1S/C23H29ClN2O2S/c1-2-28-22(27)18-29-17-16-25-12-14-26(15-13-25)23(19-6-4-3-5-7-19)20-8-10-21(24)11-9-20/h3-11,23H,2,12-18H2,1H3. The summed E-state index contributed by atoms with van der Waals surface area (Å²) in [4.78, 5) is 16.5. The van der Waals surface area contributed by atoms with Crippen LogP contribution in [0.25, 0.3) is 0 Å². The van der Waals surface area contributed by atoms with Gasteiger partial charge in [0.15, 0.2) is 0 Å². The lowest BCUT2D eigenvalue weighted by atomic mass is 9.96. The summed E-state index contributed by atoms with van der Waals surface area (Å²) in [5, 5.41) is 0.769. The predicted molar refractivity (Wildman–Crippen MR) is 122 cm³/mol. The molecule has 0 bridgehead atoms. The number of ether oxygens (including phenoxy) is 1. The molecule has 3 rings (SSSR count). The van der Waals surface area contributed by atoms with Gasteiger partial charge in [-0.2, -0.15) is 0 Å². The van der Waals surface area contributed by atoms with Gasteiger partial charge in [0.05, 0.1) is 18.4 Å². The first kappa shape index (κ1) is 22.2. The molecule has 29 heavy (non-hydrogen) atoms. The molecule has 1 fully saturated rings. The number of carbonyl (C=O) groups is 1. The van der Waals surface area contributed by atoms with Crippen LogP contribution in [0.5, 0.6) is 0 Å². The third kappa shape index (κ3) is 6.75. The lowest BCUT2D eigenvalue weighted by Crippen LogP contribution is -2.48. The van der Waals surface area contributed by atoms with Gasteiger partial charge in [0.2, 0.25) is 0 Å². The number of hydrogen-bond donors (Lipinski definition) is 0. The van der Waals surface area contributed by atoms with E-state index in [1.165, 1.54) is 11.1 Å². The average molecular weight is 433 g/mol. The monoisotopic (exact) mass is 432 g/mol. The second-order valence-corrected chi connectivity index (χ2v) is 8.64. The van der Waals surface area contributed by atoms with Crippen LogP contribution in [-0.2, 0) is 9.53 Å². The van der Waals surface area contributed by atoms with Crippen LogP contribution >= 0.6 is 23.4 Å². The largest absolute Gasteiger partial charge is 0.465 e. The fourth-order valence-corrected chi connectivity index (χ4v) is 4.60. The quantitative estimate of drug-likeness (QED) is 0.434. The van der Waals surface area contributed by atoms with Gasteiger partial charge in [0.1, 0.15) is 0 Å². The van der Waals surface area contributed by atoms with E-state index in [-0.39, 0.29) is 12.0 Å². The summed E-state index contributed by atoms with van der Waals surface area (Å²) in [6.45, 7) is 7.42. The minimum atomic E-state index is -0.115. The Hall–Kier alpha value is -1.53. The van der Waals surface area contributed by atoms with Gasteiger partial charge in [-0.1, -0.05) is 54.1 Å². The number of thioether (sulfide) groups is 1. The first-order valence-electron chi connectivity index (χ1n) is 10.2. The molecule has 1 unspecified atom stereocenters. The van der Waals surface area contributed by atoms with Crippen molar-refractivity contribution in [3.8, 4) is 0 Å². The fourth-order valence-electron chi connectivity index (χ4n) is 3.69. The molecular formula is C23H29ClN2O2S. The number of carbonyl (C=O) groups excluding carboxylic acids is 1. The highest BCUT2D eigenvalue weighted by molar-refractivity contribution is 7.99. The normalized spacial score (nSPS) is 16.5. The van der Waals surface area contributed by atoms with Crippen molar-refractivity contribution in [3.63, 3.8) is 0 Å². The number of rotatable bonds is 9. The molecule has 0 saturated carbocycles. The van der Waals surface area contributed by atoms with Gasteiger partial charge in [-0.25, -0.2) is 0 Å². The van der Waals surface area contributed by atoms with Crippen molar-refractivity contribution in [2.24, 2.45) is 0 Å². The van der Waals surface area contributed by atoms with Crippen molar-refractivity contribution < 1.29 is 9.53 Å². The smallest absolute Gasteiger partial charge is 0.315 e. The fraction of sp³-hybridized carbons (Fsp3) is 0.435. The van der Waals surface area contributed by atoms with Crippen molar-refractivity contribution in [1.82, 2.24) is 9.80 Å². The SMILES string of the molecule is CCOC(=O)CSCCN1CCN(C(c2ccccc2)c2ccc(Cl)cc2)CC1. The molecule has 1 aliphatic heterocycles. The van der Waals surface area contributed by atoms with E-state index in [1.807, 2.05) is 19.1 Å². The molecule has 0 amide bonds. The molecular weight excluding hydrogens is 404 g/mol. The molecule has 2 aromatic carbocycles. The Labute approximate surface area is 183 Å². The second-order valence-electron chi connectivity index (χ2n) is 7.10. The van der Waals surface area contributed by atoms with Crippen LogP contribution in [0.15, 0.2) is 54.6 Å². The van der Waals surface area contributed by atoms with Gasteiger partial charge < -0.3 is 4.74 Å². The van der Waals surface area contributed by atoms with Gasteiger partial charge in [-0.3, -0.25) is 14.6 Å². The maximum Gasteiger partial charge on any atom is 0.315 e. The molecule has 0 N–H and O–H groups in total. The van der Waals surface area contributed by atoms with E-state index >= 15 is 0 Å². The molecule has 1 saturated heterocycles. The topological polar surface area (TPSA) is 32.8 Å². The van der Waals surface area contributed by atoms with E-state index in [4.69, 9.17) is 16.3 Å². The van der Waals surface area contributed by atoms with Crippen LogP contribution in [0, 0.1) is 0 Å². The van der Waals surface area contributed by atoms with E-state index in [9.17, 15) is 4.79 Å². The van der Waals surface area contributed by atoms with E-state index in [1.54, 1.807) is 11.8 Å². The van der Waals surface area contributed by atoms with Crippen LogP contribution in [0.3, 0.4) is 0 Å². The number of piperazine rings is 1. The van der Waals surface area contributed by atoms with Crippen molar-refractivity contribution in [3.05, 3.63) is 70.7 Å². The van der Waals surface area contributed by atoms with Crippen LogP contribution in [0.1, 0.15) is 24.1 Å². The van der Waals surface area contributed by atoms with E-state index in [2.05, 4.69) is 52.3 Å². The second kappa shape index (κ2) is 11.6. The molecule has 1 aliphatic rings. The summed E-state index contributed by atoms with van der Waals surface area (Å²) in [6.07, 6.45) is 0. The van der Waals surface area contributed by atoms with Gasteiger partial charge in [0.25, 0.3) is 0 Å². The predicted octanol–water partition coefficient (Wildman–Crippen LogP) is 4.34. The molecule has 1 atom stereocenters. The molecule has 6 heteroatoms. The summed E-state index contributed by atoms with van der Waals surface area (Å²) in [5.74, 6) is 1.29. The maximum atomic E-state index is 11.4. The van der Waals surface area contributed by atoms with Gasteiger partial charge >= 0.3 is 5.97 Å².